The highest BCUT2D eigenvalue weighted by atomic mass is 35.5. The van der Waals surface area contributed by atoms with Gasteiger partial charge in [-0.05, 0) is 38.1 Å². The Balaban J connectivity index is 2.49. The summed E-state index contributed by atoms with van der Waals surface area (Å²) in [5, 5.41) is 5.22. The van der Waals surface area contributed by atoms with Gasteiger partial charge in [0.05, 0.1) is 0 Å². The Morgan fingerprint density at radius 1 is 1.33 bits per heavy atom. The molecule has 1 unspecified atom stereocenters. The lowest BCUT2D eigenvalue weighted by atomic mass is 10.3. The Morgan fingerprint density at radius 3 is 2.50 bits per heavy atom. The van der Waals surface area contributed by atoms with Gasteiger partial charge in [-0.15, -0.1) is 0 Å². The van der Waals surface area contributed by atoms with Crippen molar-refractivity contribution in [2.45, 2.75) is 20.0 Å². The lowest BCUT2D eigenvalue weighted by Crippen LogP contribution is -2.45. The highest BCUT2D eigenvalue weighted by Crippen LogP contribution is 2.16. The van der Waals surface area contributed by atoms with E-state index in [1.807, 2.05) is 0 Å². The van der Waals surface area contributed by atoms with Crippen LogP contribution in [0.1, 0.15) is 13.8 Å². The molecule has 1 rings (SSSR count). The summed E-state index contributed by atoms with van der Waals surface area (Å²) in [4.78, 5) is 22.7. The minimum Gasteiger partial charge on any atom is -0.481 e. The molecule has 1 aromatic carbocycles. The molecule has 0 aliphatic heterocycles. The highest BCUT2D eigenvalue weighted by molar-refractivity contribution is 6.30. The van der Waals surface area contributed by atoms with Crippen LogP contribution >= 0.6 is 11.6 Å². The third kappa shape index (κ3) is 4.63. The predicted octanol–water partition coefficient (Wildman–Crippen LogP) is 1.95. The van der Waals surface area contributed by atoms with Gasteiger partial charge in [0.15, 0.2) is 6.10 Å². The standard InChI is InChI=1S/C12H15ClN2O3/c1-3-14-12(17)15-11(16)8(2)18-10-6-4-9(13)5-7-10/h4-8H,3H2,1-2H3,(H2,14,15,16,17). The number of hydrogen-bond acceptors (Lipinski definition) is 3. The fraction of sp³-hybridized carbons (Fsp3) is 0.333. The molecule has 0 aliphatic rings. The first-order valence-corrected chi connectivity index (χ1v) is 5.91. The molecule has 0 aromatic heterocycles. The number of hydrogen-bond donors (Lipinski definition) is 2. The summed E-state index contributed by atoms with van der Waals surface area (Å²) in [6.45, 7) is 3.77. The number of rotatable bonds is 4. The topological polar surface area (TPSA) is 67.4 Å². The maximum Gasteiger partial charge on any atom is 0.321 e. The van der Waals surface area contributed by atoms with Crippen LogP contribution in [0.4, 0.5) is 4.79 Å². The third-order valence-electron chi connectivity index (χ3n) is 2.07. The van der Waals surface area contributed by atoms with E-state index in [0.29, 0.717) is 17.3 Å². The van der Waals surface area contributed by atoms with Crippen molar-refractivity contribution in [3.8, 4) is 5.75 Å². The lowest BCUT2D eigenvalue weighted by molar-refractivity contribution is -0.126. The summed E-state index contributed by atoms with van der Waals surface area (Å²) in [6, 6.07) is 6.08. The molecule has 0 fully saturated rings. The van der Waals surface area contributed by atoms with Gasteiger partial charge < -0.3 is 10.1 Å². The highest BCUT2D eigenvalue weighted by Gasteiger charge is 2.16. The summed E-state index contributed by atoms with van der Waals surface area (Å²) < 4.78 is 5.36. The fourth-order valence-corrected chi connectivity index (χ4v) is 1.32. The fourth-order valence-electron chi connectivity index (χ4n) is 1.19. The number of carbonyl (C=O) groups excluding carboxylic acids is 2. The second-order valence-corrected chi connectivity index (χ2v) is 4.00. The van der Waals surface area contributed by atoms with E-state index in [1.165, 1.54) is 0 Å². The van der Waals surface area contributed by atoms with Crippen LogP contribution < -0.4 is 15.4 Å². The Kier molecular flexibility index (Phi) is 5.45. The Morgan fingerprint density at radius 2 is 1.94 bits per heavy atom. The van der Waals surface area contributed by atoms with Crippen molar-refractivity contribution in [1.82, 2.24) is 10.6 Å². The van der Waals surface area contributed by atoms with Crippen LogP contribution in [0, 0.1) is 0 Å². The van der Waals surface area contributed by atoms with Crippen molar-refractivity contribution in [2.24, 2.45) is 0 Å². The van der Waals surface area contributed by atoms with Gasteiger partial charge in [0.25, 0.3) is 5.91 Å². The first-order chi connectivity index (χ1) is 8.52. The van der Waals surface area contributed by atoms with Crippen molar-refractivity contribution in [2.75, 3.05) is 6.54 Å². The molecule has 0 bridgehead atoms. The molecule has 6 heteroatoms. The maximum absolute atomic E-state index is 11.6. The Hall–Kier alpha value is -1.75. The number of urea groups is 1. The van der Waals surface area contributed by atoms with Crippen LogP contribution in [0.5, 0.6) is 5.75 Å². The second kappa shape index (κ2) is 6.86. The van der Waals surface area contributed by atoms with E-state index in [1.54, 1.807) is 38.1 Å². The average Bonchev–Trinajstić information content (AvgIpc) is 2.32. The van der Waals surface area contributed by atoms with Crippen molar-refractivity contribution in [1.29, 1.82) is 0 Å². The first kappa shape index (κ1) is 14.3. The summed E-state index contributed by atoms with van der Waals surface area (Å²) >= 11 is 5.73. The SMILES string of the molecule is CCNC(=O)NC(=O)C(C)Oc1ccc(Cl)cc1. The van der Waals surface area contributed by atoms with Crippen LogP contribution in [0.3, 0.4) is 0 Å². The lowest BCUT2D eigenvalue weighted by Gasteiger charge is -2.14. The van der Waals surface area contributed by atoms with Gasteiger partial charge in [-0.2, -0.15) is 0 Å². The van der Waals surface area contributed by atoms with E-state index in [0.717, 1.165) is 0 Å². The van der Waals surface area contributed by atoms with Crippen LogP contribution in [0.15, 0.2) is 24.3 Å². The van der Waals surface area contributed by atoms with Gasteiger partial charge in [0.1, 0.15) is 5.75 Å². The molecule has 5 nitrogen and oxygen atoms in total. The molecule has 98 valence electrons. The number of amides is 3. The van der Waals surface area contributed by atoms with Gasteiger partial charge in [-0.25, -0.2) is 4.79 Å². The molecule has 1 atom stereocenters. The minimum absolute atomic E-state index is 0.450. The molecule has 0 radical (unpaired) electrons. The minimum atomic E-state index is -0.770. The van der Waals surface area contributed by atoms with E-state index >= 15 is 0 Å². The molecule has 0 saturated heterocycles. The molecule has 18 heavy (non-hydrogen) atoms. The molecule has 0 saturated carbocycles. The molecular formula is C12H15ClN2O3. The number of imide groups is 1. The molecule has 1 aromatic rings. The van der Waals surface area contributed by atoms with Gasteiger partial charge in [-0.1, -0.05) is 11.6 Å². The van der Waals surface area contributed by atoms with E-state index in [2.05, 4.69) is 10.6 Å². The summed E-state index contributed by atoms with van der Waals surface area (Å²) in [5.74, 6) is 0.00819. The number of ether oxygens (including phenoxy) is 1. The number of halogens is 1. The zero-order chi connectivity index (χ0) is 13.5. The number of carbonyl (C=O) groups is 2. The molecule has 0 aliphatic carbocycles. The average molecular weight is 271 g/mol. The van der Waals surface area contributed by atoms with Crippen molar-refractivity contribution < 1.29 is 14.3 Å². The summed E-state index contributed by atoms with van der Waals surface area (Å²) in [6.07, 6.45) is -0.770. The van der Waals surface area contributed by atoms with E-state index in [4.69, 9.17) is 16.3 Å². The quantitative estimate of drug-likeness (QED) is 0.879. The largest absolute Gasteiger partial charge is 0.481 e. The van der Waals surface area contributed by atoms with Crippen molar-refractivity contribution >= 4 is 23.5 Å². The zero-order valence-corrected chi connectivity index (χ0v) is 11.0. The van der Waals surface area contributed by atoms with E-state index < -0.39 is 18.0 Å². The third-order valence-corrected chi connectivity index (χ3v) is 2.32. The maximum atomic E-state index is 11.6. The normalized spacial score (nSPS) is 11.5. The van der Waals surface area contributed by atoms with Crippen LogP contribution in [-0.2, 0) is 4.79 Å². The monoisotopic (exact) mass is 270 g/mol. The van der Waals surface area contributed by atoms with Gasteiger partial charge in [-0.3, -0.25) is 10.1 Å². The van der Waals surface area contributed by atoms with E-state index in [9.17, 15) is 9.59 Å². The van der Waals surface area contributed by atoms with Crippen LogP contribution in [-0.4, -0.2) is 24.6 Å². The smallest absolute Gasteiger partial charge is 0.321 e. The first-order valence-electron chi connectivity index (χ1n) is 5.54. The van der Waals surface area contributed by atoms with Gasteiger partial charge in [0.2, 0.25) is 0 Å². The molecule has 0 heterocycles. The van der Waals surface area contributed by atoms with Crippen LogP contribution in [0.25, 0.3) is 0 Å². The molecule has 2 N–H and O–H groups in total. The number of nitrogens with one attached hydrogen (secondary N) is 2. The van der Waals surface area contributed by atoms with E-state index in [-0.39, 0.29) is 0 Å². The van der Waals surface area contributed by atoms with Crippen LogP contribution in [0.2, 0.25) is 5.02 Å². The van der Waals surface area contributed by atoms with Crippen molar-refractivity contribution in [3.05, 3.63) is 29.3 Å². The Labute approximate surface area is 110 Å². The molecular weight excluding hydrogens is 256 g/mol. The zero-order valence-electron chi connectivity index (χ0n) is 10.2. The number of benzene rings is 1. The predicted molar refractivity (Wildman–Crippen MR) is 68.8 cm³/mol. The second-order valence-electron chi connectivity index (χ2n) is 3.56. The molecule has 0 spiro atoms. The van der Waals surface area contributed by atoms with Crippen molar-refractivity contribution in [3.63, 3.8) is 0 Å². The molecule has 3 amide bonds. The van der Waals surface area contributed by atoms with Gasteiger partial charge >= 0.3 is 6.03 Å². The summed E-state index contributed by atoms with van der Waals surface area (Å²) in [5.41, 5.74) is 0. The summed E-state index contributed by atoms with van der Waals surface area (Å²) in [7, 11) is 0. The van der Waals surface area contributed by atoms with Gasteiger partial charge in [0, 0.05) is 11.6 Å². The Bertz CT molecular complexity index is 420.